The number of carbonyl (C=O) groups excluding carboxylic acids is 2. The molecule has 0 saturated carbocycles. The van der Waals surface area contributed by atoms with Crippen LogP contribution in [0.2, 0.25) is 0 Å². The molecule has 9 heteroatoms. The Morgan fingerprint density at radius 1 is 1.10 bits per heavy atom. The van der Waals surface area contributed by atoms with Gasteiger partial charge in [-0.1, -0.05) is 30.3 Å². The first kappa shape index (κ1) is 22.1. The van der Waals surface area contributed by atoms with Gasteiger partial charge in [0.05, 0.1) is 4.92 Å². The van der Waals surface area contributed by atoms with Crippen LogP contribution < -0.4 is 10.7 Å². The van der Waals surface area contributed by atoms with Gasteiger partial charge in [-0.3, -0.25) is 19.7 Å². The highest BCUT2D eigenvalue weighted by molar-refractivity contribution is 7.98. The second-order valence-electron chi connectivity index (χ2n) is 6.37. The van der Waals surface area contributed by atoms with Crippen molar-refractivity contribution in [3.05, 3.63) is 75.8 Å². The molecule has 2 rings (SSSR count). The SMILES string of the molecule is CC(C)=NNC(=O)C(CSCc1ccccc1)NC(=O)c1ccc([N+](=O)[O-])cc1. The first-order valence-electron chi connectivity index (χ1n) is 8.84. The largest absolute Gasteiger partial charge is 0.339 e. The van der Waals surface area contributed by atoms with E-state index in [2.05, 4.69) is 15.8 Å². The molecular formula is C20H22N4O4S. The van der Waals surface area contributed by atoms with Crippen molar-refractivity contribution in [3.63, 3.8) is 0 Å². The number of thioether (sulfide) groups is 1. The van der Waals surface area contributed by atoms with Crippen LogP contribution in [0.25, 0.3) is 0 Å². The molecule has 1 atom stereocenters. The van der Waals surface area contributed by atoms with Crippen molar-refractivity contribution >= 4 is 35.0 Å². The third-order valence-corrected chi connectivity index (χ3v) is 4.85. The summed E-state index contributed by atoms with van der Waals surface area (Å²) in [6.45, 7) is 3.49. The Hall–Kier alpha value is -3.20. The van der Waals surface area contributed by atoms with Gasteiger partial charge in [0.1, 0.15) is 6.04 Å². The molecule has 0 heterocycles. The second-order valence-corrected chi connectivity index (χ2v) is 7.40. The highest BCUT2D eigenvalue weighted by Gasteiger charge is 2.22. The lowest BCUT2D eigenvalue weighted by atomic mass is 10.2. The summed E-state index contributed by atoms with van der Waals surface area (Å²) in [5, 5.41) is 17.3. The van der Waals surface area contributed by atoms with E-state index in [9.17, 15) is 19.7 Å². The topological polar surface area (TPSA) is 114 Å². The monoisotopic (exact) mass is 414 g/mol. The molecule has 2 N–H and O–H groups in total. The van der Waals surface area contributed by atoms with Crippen molar-refractivity contribution in [1.82, 2.24) is 10.7 Å². The fourth-order valence-corrected chi connectivity index (χ4v) is 3.29. The number of rotatable bonds is 9. The van der Waals surface area contributed by atoms with Crippen LogP contribution >= 0.6 is 11.8 Å². The Bertz CT molecular complexity index is 881. The van der Waals surface area contributed by atoms with Gasteiger partial charge in [0, 0.05) is 34.9 Å². The average Bonchev–Trinajstić information content (AvgIpc) is 2.72. The van der Waals surface area contributed by atoms with Crippen molar-refractivity contribution in [2.75, 3.05) is 5.75 Å². The minimum atomic E-state index is -0.811. The molecule has 0 aliphatic heterocycles. The number of nitro groups is 1. The molecule has 0 saturated heterocycles. The van der Waals surface area contributed by atoms with Gasteiger partial charge < -0.3 is 5.32 Å². The minimum Gasteiger partial charge on any atom is -0.339 e. The van der Waals surface area contributed by atoms with Crippen molar-refractivity contribution in [2.24, 2.45) is 5.10 Å². The number of nitro benzene ring substituents is 1. The third-order valence-electron chi connectivity index (χ3n) is 3.75. The quantitative estimate of drug-likeness (QED) is 0.372. The first-order valence-corrected chi connectivity index (χ1v) is 10.00. The number of hydrogen-bond donors (Lipinski definition) is 2. The molecule has 0 aliphatic rings. The molecule has 0 aliphatic carbocycles. The molecule has 8 nitrogen and oxygen atoms in total. The molecule has 152 valence electrons. The summed E-state index contributed by atoms with van der Waals surface area (Å²) in [6, 6.07) is 14.2. The number of amides is 2. The lowest BCUT2D eigenvalue weighted by molar-refractivity contribution is -0.384. The van der Waals surface area contributed by atoms with Gasteiger partial charge >= 0.3 is 0 Å². The lowest BCUT2D eigenvalue weighted by Crippen LogP contribution is -2.47. The summed E-state index contributed by atoms with van der Waals surface area (Å²) in [6.07, 6.45) is 0. The normalized spacial score (nSPS) is 11.2. The van der Waals surface area contributed by atoms with Crippen LogP contribution in [-0.4, -0.2) is 34.2 Å². The summed E-state index contributed by atoms with van der Waals surface area (Å²) in [7, 11) is 0. The zero-order valence-electron chi connectivity index (χ0n) is 16.1. The molecule has 0 radical (unpaired) electrons. The van der Waals surface area contributed by atoms with Gasteiger partial charge in [0.15, 0.2) is 0 Å². The maximum absolute atomic E-state index is 12.5. The fourth-order valence-electron chi connectivity index (χ4n) is 2.27. The molecule has 1 unspecified atom stereocenters. The number of hydrogen-bond acceptors (Lipinski definition) is 6. The van der Waals surface area contributed by atoms with Crippen molar-refractivity contribution < 1.29 is 14.5 Å². The van der Waals surface area contributed by atoms with E-state index in [4.69, 9.17) is 0 Å². The molecule has 29 heavy (non-hydrogen) atoms. The number of hydrazone groups is 1. The third kappa shape index (κ3) is 7.38. The Kier molecular flexibility index (Phi) is 8.35. The lowest BCUT2D eigenvalue weighted by Gasteiger charge is -2.17. The molecule has 2 amide bonds. The molecule has 2 aromatic rings. The standard InChI is InChI=1S/C20H22N4O4S/c1-14(2)22-23-20(26)18(13-29-12-15-6-4-3-5-7-15)21-19(25)16-8-10-17(11-9-16)24(27)28/h3-11,18H,12-13H2,1-2H3,(H,21,25)(H,23,26). The molecule has 2 aromatic carbocycles. The van der Waals surface area contributed by atoms with Crippen molar-refractivity contribution in [2.45, 2.75) is 25.6 Å². The van der Waals surface area contributed by atoms with E-state index in [1.54, 1.807) is 13.8 Å². The minimum absolute atomic E-state index is 0.109. The highest BCUT2D eigenvalue weighted by Crippen LogP contribution is 2.15. The number of benzene rings is 2. The smallest absolute Gasteiger partial charge is 0.269 e. The van der Waals surface area contributed by atoms with Crippen LogP contribution in [0.3, 0.4) is 0 Å². The van der Waals surface area contributed by atoms with E-state index in [1.165, 1.54) is 36.0 Å². The second kappa shape index (κ2) is 11.0. The van der Waals surface area contributed by atoms with Crippen molar-refractivity contribution in [3.8, 4) is 0 Å². The van der Waals surface area contributed by atoms with Crippen LogP contribution in [0.15, 0.2) is 59.7 Å². The first-order chi connectivity index (χ1) is 13.9. The maximum Gasteiger partial charge on any atom is 0.269 e. The van der Waals surface area contributed by atoms with Gasteiger partial charge in [-0.05, 0) is 31.5 Å². The van der Waals surface area contributed by atoms with Crippen molar-refractivity contribution in [1.29, 1.82) is 0 Å². The molecule has 0 aromatic heterocycles. The Balaban J connectivity index is 2.04. The van der Waals surface area contributed by atoms with Crippen LogP contribution in [0, 0.1) is 10.1 Å². The van der Waals surface area contributed by atoms with Gasteiger partial charge in [-0.2, -0.15) is 16.9 Å². The number of non-ortho nitro benzene ring substituents is 1. The number of carbonyl (C=O) groups is 2. The molecule has 0 bridgehead atoms. The van der Waals surface area contributed by atoms with E-state index in [0.29, 0.717) is 17.2 Å². The summed E-state index contributed by atoms with van der Waals surface area (Å²) >= 11 is 1.51. The number of nitrogens with zero attached hydrogens (tertiary/aromatic N) is 2. The van der Waals surface area contributed by atoms with E-state index in [0.717, 1.165) is 5.56 Å². The summed E-state index contributed by atoms with van der Waals surface area (Å²) in [5.74, 6) is 0.117. The molecule has 0 fully saturated rings. The summed E-state index contributed by atoms with van der Waals surface area (Å²) in [5.41, 5.74) is 4.36. The van der Waals surface area contributed by atoms with E-state index in [1.807, 2.05) is 30.3 Å². The van der Waals surface area contributed by atoms with Gasteiger partial charge in [-0.15, -0.1) is 0 Å². The van der Waals surface area contributed by atoms with Gasteiger partial charge in [0.25, 0.3) is 17.5 Å². The zero-order valence-corrected chi connectivity index (χ0v) is 16.9. The Morgan fingerprint density at radius 2 is 1.76 bits per heavy atom. The van der Waals surface area contributed by atoms with E-state index >= 15 is 0 Å². The Labute approximate surface area is 172 Å². The summed E-state index contributed by atoms with van der Waals surface area (Å²) < 4.78 is 0. The number of nitrogens with one attached hydrogen (secondary N) is 2. The van der Waals surface area contributed by atoms with E-state index < -0.39 is 22.8 Å². The maximum atomic E-state index is 12.5. The Morgan fingerprint density at radius 3 is 2.34 bits per heavy atom. The molecule has 0 spiro atoms. The van der Waals surface area contributed by atoms with Gasteiger partial charge in [0.2, 0.25) is 0 Å². The molecular weight excluding hydrogens is 392 g/mol. The zero-order chi connectivity index (χ0) is 21.2. The van der Waals surface area contributed by atoms with E-state index in [-0.39, 0.29) is 11.3 Å². The summed E-state index contributed by atoms with van der Waals surface area (Å²) in [4.78, 5) is 35.2. The predicted octanol–water partition coefficient (Wildman–Crippen LogP) is 3.14. The predicted molar refractivity (Wildman–Crippen MR) is 114 cm³/mol. The van der Waals surface area contributed by atoms with Crippen LogP contribution in [0.5, 0.6) is 0 Å². The van der Waals surface area contributed by atoms with Gasteiger partial charge in [-0.25, -0.2) is 5.43 Å². The highest BCUT2D eigenvalue weighted by atomic mass is 32.2. The van der Waals surface area contributed by atoms with Crippen LogP contribution in [0.4, 0.5) is 5.69 Å². The van der Waals surface area contributed by atoms with Crippen LogP contribution in [0.1, 0.15) is 29.8 Å². The fraction of sp³-hybridized carbons (Fsp3) is 0.250. The van der Waals surface area contributed by atoms with Crippen LogP contribution in [-0.2, 0) is 10.5 Å². The average molecular weight is 414 g/mol.